The van der Waals surface area contributed by atoms with Crippen molar-refractivity contribution in [2.45, 2.75) is 24.8 Å². The van der Waals surface area contributed by atoms with E-state index in [9.17, 15) is 4.79 Å². The Labute approximate surface area is 162 Å². The van der Waals surface area contributed by atoms with Crippen LogP contribution in [0, 0.1) is 0 Å². The molecule has 0 saturated heterocycles. The second kappa shape index (κ2) is 7.91. The Kier molecular flexibility index (Phi) is 5.61. The van der Waals surface area contributed by atoms with Crippen LogP contribution in [0.5, 0.6) is 0 Å². The number of benzene rings is 2. The molecule has 1 fully saturated rings. The summed E-state index contributed by atoms with van der Waals surface area (Å²) in [4.78, 5) is 15.6. The number of guanidine groups is 1. The summed E-state index contributed by atoms with van der Waals surface area (Å²) in [6.07, 6.45) is 2.35. The molecule has 0 aliphatic heterocycles. The first-order chi connectivity index (χ1) is 12.5. The third-order valence-corrected chi connectivity index (χ3v) is 5.27. The SMILES string of the molecule is CN=C(NCc1cccc(C(N)=O)c1)NCC1(c2cccc(Br)c2)CC1. The van der Waals surface area contributed by atoms with Gasteiger partial charge in [0.05, 0.1) is 0 Å². The number of amides is 1. The molecule has 1 amide bonds. The molecule has 4 N–H and O–H groups in total. The van der Waals surface area contributed by atoms with E-state index in [0.717, 1.165) is 22.5 Å². The number of halogens is 1. The van der Waals surface area contributed by atoms with Gasteiger partial charge < -0.3 is 16.4 Å². The lowest BCUT2D eigenvalue weighted by Crippen LogP contribution is -2.40. The van der Waals surface area contributed by atoms with Crippen molar-refractivity contribution in [1.29, 1.82) is 0 Å². The largest absolute Gasteiger partial charge is 0.366 e. The van der Waals surface area contributed by atoms with Crippen molar-refractivity contribution in [3.05, 3.63) is 69.7 Å². The molecular formula is C20H23BrN4O. The first-order valence-corrected chi connectivity index (χ1v) is 9.41. The van der Waals surface area contributed by atoms with E-state index in [-0.39, 0.29) is 5.41 Å². The van der Waals surface area contributed by atoms with Crippen LogP contribution in [0.2, 0.25) is 0 Å². The van der Waals surface area contributed by atoms with Crippen LogP contribution in [0.15, 0.2) is 58.0 Å². The van der Waals surface area contributed by atoms with Crippen LogP contribution in [0.4, 0.5) is 0 Å². The fourth-order valence-corrected chi connectivity index (χ4v) is 3.43. The highest BCUT2D eigenvalue weighted by atomic mass is 79.9. The van der Waals surface area contributed by atoms with Crippen LogP contribution in [0.1, 0.15) is 34.3 Å². The predicted octanol–water partition coefficient (Wildman–Crippen LogP) is 2.94. The Hall–Kier alpha value is -2.34. The van der Waals surface area contributed by atoms with Crippen LogP contribution in [-0.4, -0.2) is 25.5 Å². The molecule has 1 saturated carbocycles. The summed E-state index contributed by atoms with van der Waals surface area (Å²) in [5, 5.41) is 6.72. The molecular weight excluding hydrogens is 392 g/mol. The fraction of sp³-hybridized carbons (Fsp3) is 0.300. The van der Waals surface area contributed by atoms with Crippen LogP contribution < -0.4 is 16.4 Å². The molecule has 2 aromatic rings. The Bertz CT molecular complexity index is 830. The van der Waals surface area contributed by atoms with Gasteiger partial charge in [-0.2, -0.15) is 0 Å². The highest BCUT2D eigenvalue weighted by Crippen LogP contribution is 2.48. The van der Waals surface area contributed by atoms with Gasteiger partial charge in [0.15, 0.2) is 5.96 Å². The topological polar surface area (TPSA) is 79.5 Å². The number of hydrogen-bond donors (Lipinski definition) is 3. The zero-order valence-electron chi connectivity index (χ0n) is 14.8. The molecule has 0 bridgehead atoms. The minimum absolute atomic E-state index is 0.188. The van der Waals surface area contributed by atoms with Gasteiger partial charge in [0, 0.05) is 35.6 Å². The van der Waals surface area contributed by atoms with Gasteiger partial charge in [-0.15, -0.1) is 0 Å². The second-order valence-electron chi connectivity index (χ2n) is 6.63. The molecule has 0 heterocycles. The van der Waals surface area contributed by atoms with E-state index >= 15 is 0 Å². The molecule has 0 aromatic heterocycles. The second-order valence-corrected chi connectivity index (χ2v) is 7.55. The number of carbonyl (C=O) groups is 1. The summed E-state index contributed by atoms with van der Waals surface area (Å²) in [5.41, 5.74) is 8.37. The lowest BCUT2D eigenvalue weighted by atomic mass is 9.96. The smallest absolute Gasteiger partial charge is 0.248 e. The van der Waals surface area contributed by atoms with Gasteiger partial charge >= 0.3 is 0 Å². The molecule has 5 nitrogen and oxygen atoms in total. The molecule has 3 rings (SSSR count). The summed E-state index contributed by atoms with van der Waals surface area (Å²) in [6, 6.07) is 15.8. The number of nitrogens with one attached hydrogen (secondary N) is 2. The van der Waals surface area contributed by atoms with E-state index < -0.39 is 5.91 Å². The molecule has 2 aromatic carbocycles. The van der Waals surface area contributed by atoms with E-state index in [1.165, 1.54) is 18.4 Å². The average molecular weight is 415 g/mol. The number of hydrogen-bond acceptors (Lipinski definition) is 2. The predicted molar refractivity (Wildman–Crippen MR) is 108 cm³/mol. The lowest BCUT2D eigenvalue weighted by molar-refractivity contribution is 0.1000. The monoisotopic (exact) mass is 414 g/mol. The van der Waals surface area contributed by atoms with Crippen molar-refractivity contribution in [1.82, 2.24) is 10.6 Å². The quantitative estimate of drug-likeness (QED) is 0.502. The third-order valence-electron chi connectivity index (χ3n) is 4.78. The van der Waals surface area contributed by atoms with Crippen molar-refractivity contribution in [2.75, 3.05) is 13.6 Å². The molecule has 6 heteroatoms. The van der Waals surface area contributed by atoms with Gasteiger partial charge in [0.25, 0.3) is 0 Å². The molecule has 26 heavy (non-hydrogen) atoms. The summed E-state index contributed by atoms with van der Waals surface area (Å²) >= 11 is 3.55. The van der Waals surface area contributed by atoms with E-state index in [2.05, 4.69) is 49.8 Å². The highest BCUT2D eigenvalue weighted by Gasteiger charge is 2.44. The summed E-state index contributed by atoms with van der Waals surface area (Å²) in [6.45, 7) is 1.41. The summed E-state index contributed by atoms with van der Waals surface area (Å²) < 4.78 is 1.11. The van der Waals surface area contributed by atoms with Crippen molar-refractivity contribution >= 4 is 27.8 Å². The van der Waals surface area contributed by atoms with Crippen molar-refractivity contribution in [3.63, 3.8) is 0 Å². The number of nitrogens with zero attached hydrogens (tertiary/aromatic N) is 1. The Morgan fingerprint density at radius 3 is 2.62 bits per heavy atom. The van der Waals surface area contributed by atoms with E-state index in [0.29, 0.717) is 12.1 Å². The Morgan fingerprint density at radius 2 is 1.96 bits per heavy atom. The molecule has 0 spiro atoms. The van der Waals surface area contributed by atoms with Crippen molar-refractivity contribution in [2.24, 2.45) is 10.7 Å². The number of rotatable bonds is 6. The minimum atomic E-state index is -0.418. The van der Waals surface area contributed by atoms with Gasteiger partial charge in [-0.3, -0.25) is 9.79 Å². The molecule has 1 aliphatic carbocycles. The molecule has 1 aliphatic rings. The van der Waals surface area contributed by atoms with Crippen LogP contribution >= 0.6 is 15.9 Å². The van der Waals surface area contributed by atoms with Crippen LogP contribution in [0.25, 0.3) is 0 Å². The van der Waals surface area contributed by atoms with Gasteiger partial charge in [-0.1, -0.05) is 40.2 Å². The van der Waals surface area contributed by atoms with Gasteiger partial charge in [-0.05, 0) is 48.2 Å². The minimum Gasteiger partial charge on any atom is -0.366 e. The number of nitrogens with two attached hydrogens (primary N) is 1. The number of aliphatic imine (C=N–C) groups is 1. The van der Waals surface area contributed by atoms with E-state index in [4.69, 9.17) is 5.73 Å². The van der Waals surface area contributed by atoms with Crippen molar-refractivity contribution in [3.8, 4) is 0 Å². The zero-order chi connectivity index (χ0) is 18.6. The maximum absolute atomic E-state index is 11.3. The molecule has 0 unspecified atom stereocenters. The zero-order valence-corrected chi connectivity index (χ0v) is 16.3. The molecule has 0 atom stereocenters. The van der Waals surface area contributed by atoms with Gasteiger partial charge in [-0.25, -0.2) is 0 Å². The Morgan fingerprint density at radius 1 is 1.19 bits per heavy atom. The van der Waals surface area contributed by atoms with Crippen molar-refractivity contribution < 1.29 is 4.79 Å². The Balaban J connectivity index is 1.57. The standard InChI is InChI=1S/C20H23BrN4O/c1-23-19(24-12-14-4-2-5-15(10-14)18(22)26)25-13-20(8-9-20)16-6-3-7-17(21)11-16/h2-7,10-11H,8-9,12-13H2,1H3,(H2,22,26)(H2,23,24,25). The highest BCUT2D eigenvalue weighted by molar-refractivity contribution is 9.10. The van der Waals surface area contributed by atoms with Crippen LogP contribution in [0.3, 0.4) is 0 Å². The lowest BCUT2D eigenvalue weighted by Gasteiger charge is -2.19. The first kappa shape index (κ1) is 18.5. The van der Waals surface area contributed by atoms with E-state index in [1.54, 1.807) is 19.2 Å². The first-order valence-electron chi connectivity index (χ1n) is 8.62. The number of primary amides is 1. The van der Waals surface area contributed by atoms with Gasteiger partial charge in [0.2, 0.25) is 5.91 Å². The van der Waals surface area contributed by atoms with E-state index in [1.807, 2.05) is 18.2 Å². The third kappa shape index (κ3) is 4.43. The van der Waals surface area contributed by atoms with Gasteiger partial charge in [0.1, 0.15) is 0 Å². The maximum atomic E-state index is 11.3. The summed E-state index contributed by atoms with van der Waals surface area (Å²) in [7, 11) is 1.76. The normalized spacial score (nSPS) is 15.4. The maximum Gasteiger partial charge on any atom is 0.248 e. The number of carbonyl (C=O) groups excluding carboxylic acids is 1. The molecule has 136 valence electrons. The molecule has 0 radical (unpaired) electrons. The fourth-order valence-electron chi connectivity index (χ4n) is 3.03. The van der Waals surface area contributed by atoms with Crippen LogP contribution in [-0.2, 0) is 12.0 Å². The average Bonchev–Trinajstić information content (AvgIpc) is 3.43. The summed E-state index contributed by atoms with van der Waals surface area (Å²) in [5.74, 6) is 0.329.